The third-order valence-electron chi connectivity index (χ3n) is 4.08. The number of thioether (sulfide) groups is 1. The van der Waals surface area contributed by atoms with Gasteiger partial charge >= 0.3 is 0 Å². The predicted molar refractivity (Wildman–Crippen MR) is 100 cm³/mol. The van der Waals surface area contributed by atoms with Crippen molar-refractivity contribution in [3.63, 3.8) is 0 Å². The van der Waals surface area contributed by atoms with Crippen molar-refractivity contribution in [3.05, 3.63) is 53.6 Å². The number of aromatic nitrogens is 4. The fourth-order valence-electron chi connectivity index (χ4n) is 2.86. The van der Waals surface area contributed by atoms with Crippen LogP contribution in [0.25, 0.3) is 16.8 Å². The van der Waals surface area contributed by atoms with E-state index in [1.54, 1.807) is 0 Å². The fraction of sp³-hybridized carbons (Fsp3) is 0.167. The second kappa shape index (κ2) is 6.25. The van der Waals surface area contributed by atoms with Crippen molar-refractivity contribution >= 4 is 40.2 Å². The maximum absolute atomic E-state index is 12.4. The number of carbonyl (C=O) groups excluding carboxylic acids is 1. The monoisotopic (exact) mass is 351 g/mol. The van der Waals surface area contributed by atoms with Gasteiger partial charge < -0.3 is 5.32 Å². The second-order valence-corrected chi connectivity index (χ2v) is 6.81. The zero-order valence-electron chi connectivity index (χ0n) is 13.9. The Hall–Kier alpha value is -2.80. The van der Waals surface area contributed by atoms with Gasteiger partial charge in [-0.25, -0.2) is 10.1 Å². The molecule has 4 rings (SSSR count). The van der Waals surface area contributed by atoms with Crippen LogP contribution in [0.1, 0.15) is 11.1 Å². The van der Waals surface area contributed by atoms with E-state index in [1.165, 1.54) is 11.8 Å². The van der Waals surface area contributed by atoms with E-state index in [-0.39, 0.29) is 11.7 Å². The van der Waals surface area contributed by atoms with Crippen molar-refractivity contribution in [3.8, 4) is 0 Å². The van der Waals surface area contributed by atoms with Gasteiger partial charge in [0.05, 0.1) is 16.8 Å². The first kappa shape index (κ1) is 15.7. The molecule has 1 amide bonds. The highest BCUT2D eigenvalue weighted by Gasteiger charge is 2.14. The number of benzene rings is 2. The molecule has 2 aromatic carbocycles. The van der Waals surface area contributed by atoms with Gasteiger partial charge in [0.25, 0.3) is 0 Å². The minimum atomic E-state index is -0.0528. The number of imidazole rings is 1. The number of H-pyrrole nitrogens is 1. The van der Waals surface area contributed by atoms with Crippen molar-refractivity contribution < 1.29 is 4.79 Å². The van der Waals surface area contributed by atoms with Crippen LogP contribution < -0.4 is 5.32 Å². The fourth-order valence-corrected chi connectivity index (χ4v) is 3.61. The van der Waals surface area contributed by atoms with Gasteiger partial charge in [0.2, 0.25) is 11.7 Å². The van der Waals surface area contributed by atoms with Crippen molar-refractivity contribution in [1.29, 1.82) is 0 Å². The quantitative estimate of drug-likeness (QED) is 0.551. The molecule has 0 bridgehead atoms. The minimum absolute atomic E-state index is 0.0528. The molecule has 0 aliphatic carbocycles. The Labute approximate surface area is 148 Å². The Morgan fingerprint density at radius 2 is 1.92 bits per heavy atom. The highest BCUT2D eigenvalue weighted by molar-refractivity contribution is 7.99. The number of aromatic amines is 1. The van der Waals surface area contributed by atoms with Gasteiger partial charge in [0.15, 0.2) is 5.16 Å². The summed E-state index contributed by atoms with van der Waals surface area (Å²) >= 11 is 1.38. The van der Waals surface area contributed by atoms with E-state index in [0.717, 1.165) is 33.0 Å². The lowest BCUT2D eigenvalue weighted by Gasteiger charge is -2.10. The van der Waals surface area contributed by atoms with Crippen LogP contribution in [-0.2, 0) is 4.79 Å². The molecule has 7 heteroatoms. The van der Waals surface area contributed by atoms with Crippen LogP contribution in [0, 0.1) is 13.8 Å². The number of nitrogens with one attached hydrogen (secondary N) is 2. The first-order valence-electron chi connectivity index (χ1n) is 7.94. The van der Waals surface area contributed by atoms with Gasteiger partial charge in [0, 0.05) is 5.69 Å². The van der Waals surface area contributed by atoms with Crippen LogP contribution in [0.15, 0.2) is 47.6 Å². The summed E-state index contributed by atoms with van der Waals surface area (Å²) in [5.74, 6) is 0.905. The minimum Gasteiger partial charge on any atom is -0.325 e. The van der Waals surface area contributed by atoms with Gasteiger partial charge in [-0.05, 0) is 37.1 Å². The summed E-state index contributed by atoms with van der Waals surface area (Å²) in [5, 5.41) is 10.9. The van der Waals surface area contributed by atoms with Gasteiger partial charge in [-0.3, -0.25) is 9.20 Å². The average molecular weight is 351 g/mol. The van der Waals surface area contributed by atoms with Gasteiger partial charge in [-0.1, -0.05) is 42.1 Å². The maximum Gasteiger partial charge on any atom is 0.234 e. The van der Waals surface area contributed by atoms with E-state index in [2.05, 4.69) is 20.5 Å². The molecular weight excluding hydrogens is 334 g/mol. The number of hydrogen-bond acceptors (Lipinski definition) is 4. The molecule has 0 aliphatic heterocycles. The highest BCUT2D eigenvalue weighted by Crippen LogP contribution is 2.24. The Kier molecular flexibility index (Phi) is 3.93. The summed E-state index contributed by atoms with van der Waals surface area (Å²) in [4.78, 5) is 16.8. The lowest BCUT2D eigenvalue weighted by atomic mass is 10.1. The molecule has 0 spiro atoms. The first-order valence-corrected chi connectivity index (χ1v) is 8.92. The molecule has 0 radical (unpaired) electrons. The van der Waals surface area contributed by atoms with Gasteiger partial charge in [-0.15, -0.1) is 5.10 Å². The molecule has 25 heavy (non-hydrogen) atoms. The van der Waals surface area contributed by atoms with Gasteiger partial charge in [-0.2, -0.15) is 0 Å². The number of nitrogens with zero attached hydrogens (tertiary/aromatic N) is 3. The van der Waals surface area contributed by atoms with Crippen LogP contribution in [-0.4, -0.2) is 31.2 Å². The number of amides is 1. The predicted octanol–water partition coefficient (Wildman–Crippen LogP) is 3.56. The molecular formula is C18H17N5OS. The Morgan fingerprint density at radius 3 is 2.72 bits per heavy atom. The SMILES string of the molecule is Cc1cccc(C)c1NC(=O)CSc1n[nH]c2nc3ccccc3n12. The van der Waals surface area contributed by atoms with Crippen LogP contribution in [0.3, 0.4) is 0 Å². The molecule has 0 aliphatic rings. The van der Waals surface area contributed by atoms with E-state index in [0.29, 0.717) is 5.78 Å². The smallest absolute Gasteiger partial charge is 0.234 e. The lowest BCUT2D eigenvalue weighted by molar-refractivity contribution is -0.113. The van der Waals surface area contributed by atoms with E-state index < -0.39 is 0 Å². The molecule has 0 saturated heterocycles. The second-order valence-electron chi connectivity index (χ2n) is 5.87. The van der Waals surface area contributed by atoms with Gasteiger partial charge in [0.1, 0.15) is 0 Å². The Bertz CT molecular complexity index is 1060. The number of carbonyl (C=O) groups is 1. The molecule has 2 heterocycles. The van der Waals surface area contributed by atoms with Crippen LogP contribution in [0.4, 0.5) is 5.69 Å². The zero-order chi connectivity index (χ0) is 17.4. The topological polar surface area (TPSA) is 75.1 Å². The molecule has 6 nitrogen and oxygen atoms in total. The molecule has 0 atom stereocenters. The van der Waals surface area contributed by atoms with Crippen LogP contribution in [0.2, 0.25) is 0 Å². The third-order valence-corrected chi connectivity index (χ3v) is 5.02. The number of anilines is 1. The Morgan fingerprint density at radius 1 is 1.16 bits per heavy atom. The molecule has 4 aromatic rings. The largest absolute Gasteiger partial charge is 0.325 e. The number of rotatable bonds is 4. The van der Waals surface area contributed by atoms with Crippen molar-refractivity contribution in [2.75, 3.05) is 11.1 Å². The van der Waals surface area contributed by atoms with E-state index in [1.807, 2.05) is 60.7 Å². The molecule has 2 N–H and O–H groups in total. The van der Waals surface area contributed by atoms with Crippen LogP contribution in [0.5, 0.6) is 0 Å². The number of fused-ring (bicyclic) bond motifs is 3. The van der Waals surface area contributed by atoms with E-state index in [9.17, 15) is 4.79 Å². The van der Waals surface area contributed by atoms with Crippen molar-refractivity contribution in [2.24, 2.45) is 0 Å². The normalized spacial score (nSPS) is 11.3. The standard InChI is InChI=1S/C18H17N5OS/c1-11-6-5-7-12(2)16(11)20-15(24)10-25-18-22-21-17-19-13-8-3-4-9-14(13)23(17)18/h3-9H,10H2,1-2H3,(H,19,21)(H,20,24). The molecule has 2 aromatic heterocycles. The summed E-state index contributed by atoms with van der Waals surface area (Å²) in [6.45, 7) is 3.98. The first-order chi connectivity index (χ1) is 12.1. The summed E-state index contributed by atoms with van der Waals surface area (Å²) in [6.07, 6.45) is 0. The van der Waals surface area contributed by atoms with E-state index in [4.69, 9.17) is 0 Å². The van der Waals surface area contributed by atoms with Crippen molar-refractivity contribution in [1.82, 2.24) is 19.6 Å². The van der Waals surface area contributed by atoms with Crippen molar-refractivity contribution in [2.45, 2.75) is 19.0 Å². The third kappa shape index (κ3) is 2.87. The zero-order valence-corrected chi connectivity index (χ0v) is 14.7. The summed E-state index contributed by atoms with van der Waals surface area (Å²) in [7, 11) is 0. The molecule has 126 valence electrons. The highest BCUT2D eigenvalue weighted by atomic mass is 32.2. The summed E-state index contributed by atoms with van der Waals surface area (Å²) < 4.78 is 1.94. The average Bonchev–Trinajstić information content (AvgIpc) is 3.15. The lowest BCUT2D eigenvalue weighted by Crippen LogP contribution is -2.16. The number of aryl methyl sites for hydroxylation is 2. The summed E-state index contributed by atoms with van der Waals surface area (Å²) in [5.41, 5.74) is 4.87. The molecule has 0 unspecified atom stereocenters. The maximum atomic E-state index is 12.4. The Balaban J connectivity index is 1.53. The number of para-hydroxylation sites is 3. The summed E-state index contributed by atoms with van der Waals surface area (Å²) in [6, 6.07) is 13.8. The van der Waals surface area contributed by atoms with Crippen LogP contribution >= 0.6 is 11.8 Å². The van der Waals surface area contributed by atoms with E-state index >= 15 is 0 Å². The molecule has 0 fully saturated rings. The molecule has 0 saturated carbocycles. The number of hydrogen-bond donors (Lipinski definition) is 2.